The number of fused-ring (bicyclic) bond motifs is 6. The monoisotopic (exact) mass is 264 g/mol. The zero-order chi connectivity index (χ0) is 13.5. The molecule has 2 nitrogen and oxygen atoms in total. The van der Waals surface area contributed by atoms with Crippen molar-refractivity contribution < 1.29 is 9.84 Å². The SMILES string of the molecule is C[C@]12CC[C@H](O1)[C@]1(C)C[C@H](O)[C@]3(C)CCC[C@@H]3[C@@H]1C2. The van der Waals surface area contributed by atoms with Crippen molar-refractivity contribution in [1.82, 2.24) is 0 Å². The molecule has 2 bridgehead atoms. The number of ether oxygens (including phenoxy) is 1. The van der Waals surface area contributed by atoms with Gasteiger partial charge in [-0.2, -0.15) is 0 Å². The molecule has 1 N–H and O–H groups in total. The van der Waals surface area contributed by atoms with Gasteiger partial charge in [0, 0.05) is 0 Å². The topological polar surface area (TPSA) is 29.5 Å². The molecule has 7 atom stereocenters. The zero-order valence-corrected chi connectivity index (χ0v) is 12.6. The summed E-state index contributed by atoms with van der Waals surface area (Å²) < 4.78 is 6.38. The predicted octanol–water partition coefficient (Wildman–Crippen LogP) is 3.52. The number of hydrogen-bond acceptors (Lipinski definition) is 2. The Bertz CT molecular complexity index is 408. The summed E-state index contributed by atoms with van der Waals surface area (Å²) in [6.45, 7) is 7.09. The van der Waals surface area contributed by atoms with Gasteiger partial charge in [-0.1, -0.05) is 20.3 Å². The molecule has 0 aromatic carbocycles. The molecule has 0 spiro atoms. The normalized spacial score (nSPS) is 63.8. The smallest absolute Gasteiger partial charge is 0.0662 e. The Morgan fingerprint density at radius 1 is 0.947 bits per heavy atom. The van der Waals surface area contributed by atoms with Crippen molar-refractivity contribution in [2.24, 2.45) is 22.7 Å². The van der Waals surface area contributed by atoms with Gasteiger partial charge < -0.3 is 9.84 Å². The second-order valence-electron chi connectivity index (χ2n) is 8.64. The van der Waals surface area contributed by atoms with Gasteiger partial charge in [0.1, 0.15) is 0 Å². The van der Waals surface area contributed by atoms with Crippen LogP contribution < -0.4 is 0 Å². The molecule has 19 heavy (non-hydrogen) atoms. The highest BCUT2D eigenvalue weighted by atomic mass is 16.5. The van der Waals surface area contributed by atoms with Crippen LogP contribution in [0.3, 0.4) is 0 Å². The average molecular weight is 264 g/mol. The maximum atomic E-state index is 10.8. The first-order chi connectivity index (χ1) is 8.87. The van der Waals surface area contributed by atoms with Crippen LogP contribution in [0.15, 0.2) is 0 Å². The Morgan fingerprint density at radius 3 is 2.53 bits per heavy atom. The molecule has 2 heteroatoms. The molecule has 108 valence electrons. The van der Waals surface area contributed by atoms with Gasteiger partial charge in [-0.05, 0) is 68.1 Å². The number of hydrogen-bond donors (Lipinski definition) is 1. The summed E-state index contributed by atoms with van der Waals surface area (Å²) in [4.78, 5) is 0. The molecule has 0 radical (unpaired) electrons. The van der Waals surface area contributed by atoms with Crippen molar-refractivity contribution in [1.29, 1.82) is 0 Å². The number of aliphatic hydroxyl groups excluding tert-OH is 1. The van der Waals surface area contributed by atoms with E-state index in [0.717, 1.165) is 18.3 Å². The Balaban J connectivity index is 1.76. The molecule has 0 unspecified atom stereocenters. The van der Waals surface area contributed by atoms with E-state index >= 15 is 0 Å². The molecule has 2 aliphatic carbocycles. The van der Waals surface area contributed by atoms with Crippen LogP contribution in [0.5, 0.6) is 0 Å². The highest BCUT2D eigenvalue weighted by molar-refractivity contribution is 5.14. The third-order valence-corrected chi connectivity index (χ3v) is 7.55. The van der Waals surface area contributed by atoms with Crippen LogP contribution in [0.25, 0.3) is 0 Å². The second kappa shape index (κ2) is 3.57. The highest BCUT2D eigenvalue weighted by Gasteiger charge is 2.65. The van der Waals surface area contributed by atoms with E-state index in [-0.39, 0.29) is 22.5 Å². The summed E-state index contributed by atoms with van der Waals surface area (Å²) in [6, 6.07) is 0. The van der Waals surface area contributed by atoms with Gasteiger partial charge in [-0.15, -0.1) is 0 Å². The van der Waals surface area contributed by atoms with Crippen molar-refractivity contribution >= 4 is 0 Å². The maximum Gasteiger partial charge on any atom is 0.0662 e. The van der Waals surface area contributed by atoms with Gasteiger partial charge >= 0.3 is 0 Å². The standard InChI is InChI=1S/C17H28O2/c1-15-8-6-14(19-15)17(3)10-13(18)16(2)7-4-5-11(16)12(17)9-15/h11-14,18H,4-10H2,1-3H3/t11-,12+,13+,14+,15-,16-,17-/m1/s1. The summed E-state index contributed by atoms with van der Waals surface area (Å²) >= 11 is 0. The van der Waals surface area contributed by atoms with E-state index in [1.807, 2.05) is 0 Å². The quantitative estimate of drug-likeness (QED) is 0.725. The molecule has 4 fully saturated rings. The van der Waals surface area contributed by atoms with Gasteiger partial charge in [0.25, 0.3) is 0 Å². The van der Waals surface area contributed by atoms with Crippen LogP contribution in [-0.2, 0) is 4.74 Å². The van der Waals surface area contributed by atoms with Gasteiger partial charge in [0.2, 0.25) is 0 Å². The van der Waals surface area contributed by atoms with Crippen molar-refractivity contribution in [3.05, 3.63) is 0 Å². The molecule has 2 aliphatic heterocycles. The van der Waals surface area contributed by atoms with Crippen LogP contribution in [0.1, 0.15) is 65.7 Å². The Hall–Kier alpha value is -0.0800. The molecule has 0 aromatic rings. The fourth-order valence-corrected chi connectivity index (χ4v) is 6.28. The van der Waals surface area contributed by atoms with Gasteiger partial charge in [0.05, 0.1) is 17.8 Å². The van der Waals surface area contributed by atoms with Crippen molar-refractivity contribution in [2.45, 2.75) is 83.5 Å². The molecule has 2 saturated heterocycles. The van der Waals surface area contributed by atoms with Crippen molar-refractivity contribution in [2.75, 3.05) is 0 Å². The van der Waals surface area contributed by atoms with Crippen LogP contribution in [0.2, 0.25) is 0 Å². The van der Waals surface area contributed by atoms with E-state index in [4.69, 9.17) is 4.74 Å². The Labute approximate surface area is 116 Å². The Kier molecular flexibility index (Phi) is 2.37. The van der Waals surface area contributed by atoms with Crippen LogP contribution in [-0.4, -0.2) is 22.9 Å². The van der Waals surface area contributed by atoms with Crippen molar-refractivity contribution in [3.8, 4) is 0 Å². The lowest BCUT2D eigenvalue weighted by molar-refractivity contribution is -0.224. The van der Waals surface area contributed by atoms with Crippen molar-refractivity contribution in [3.63, 3.8) is 0 Å². The molecular formula is C17H28O2. The summed E-state index contributed by atoms with van der Waals surface area (Å²) in [5.41, 5.74) is 0.557. The Morgan fingerprint density at radius 2 is 1.74 bits per heavy atom. The van der Waals surface area contributed by atoms with Crippen LogP contribution in [0, 0.1) is 22.7 Å². The third-order valence-electron chi connectivity index (χ3n) is 7.55. The first kappa shape index (κ1) is 12.6. The number of rotatable bonds is 0. The fraction of sp³-hybridized carbons (Fsp3) is 1.00. The van der Waals surface area contributed by atoms with Crippen LogP contribution in [0.4, 0.5) is 0 Å². The minimum absolute atomic E-state index is 0.116. The summed E-state index contributed by atoms with van der Waals surface area (Å²) in [6.07, 6.45) is 8.78. The third kappa shape index (κ3) is 1.45. The van der Waals surface area contributed by atoms with E-state index in [1.165, 1.54) is 38.5 Å². The van der Waals surface area contributed by atoms with E-state index in [2.05, 4.69) is 20.8 Å². The number of aliphatic hydroxyl groups is 1. The minimum atomic E-state index is -0.116. The highest BCUT2D eigenvalue weighted by Crippen LogP contribution is 2.67. The molecular weight excluding hydrogens is 236 g/mol. The van der Waals surface area contributed by atoms with Crippen LogP contribution >= 0.6 is 0 Å². The van der Waals surface area contributed by atoms with Gasteiger partial charge in [-0.3, -0.25) is 0 Å². The molecule has 4 aliphatic rings. The second-order valence-corrected chi connectivity index (χ2v) is 8.64. The summed E-state index contributed by atoms with van der Waals surface area (Å²) in [5, 5.41) is 10.8. The fourth-order valence-electron chi connectivity index (χ4n) is 6.28. The average Bonchev–Trinajstić information content (AvgIpc) is 2.88. The first-order valence-electron chi connectivity index (χ1n) is 8.23. The van der Waals surface area contributed by atoms with E-state index in [0.29, 0.717) is 6.10 Å². The lowest BCUT2D eigenvalue weighted by Crippen LogP contribution is -2.60. The van der Waals surface area contributed by atoms with E-state index in [1.54, 1.807) is 0 Å². The molecule has 2 heterocycles. The minimum Gasteiger partial charge on any atom is -0.393 e. The zero-order valence-electron chi connectivity index (χ0n) is 12.6. The predicted molar refractivity (Wildman–Crippen MR) is 74.8 cm³/mol. The maximum absolute atomic E-state index is 10.8. The van der Waals surface area contributed by atoms with Gasteiger partial charge in [0.15, 0.2) is 0 Å². The molecule has 0 aromatic heterocycles. The summed E-state index contributed by atoms with van der Waals surface area (Å²) in [5.74, 6) is 1.50. The molecule has 0 amide bonds. The first-order valence-corrected chi connectivity index (χ1v) is 8.23. The van der Waals surface area contributed by atoms with E-state index < -0.39 is 0 Å². The molecule has 2 saturated carbocycles. The van der Waals surface area contributed by atoms with Gasteiger partial charge in [-0.25, -0.2) is 0 Å². The largest absolute Gasteiger partial charge is 0.393 e. The lowest BCUT2D eigenvalue weighted by Gasteiger charge is -2.60. The lowest BCUT2D eigenvalue weighted by atomic mass is 9.50. The van der Waals surface area contributed by atoms with E-state index in [9.17, 15) is 5.11 Å². The molecule has 4 rings (SSSR count). The summed E-state index contributed by atoms with van der Waals surface area (Å²) in [7, 11) is 0.